The molecule has 0 bridgehead atoms. The largest absolute Gasteiger partial charge is 0.439 e. The minimum absolute atomic E-state index is 0.0753. The van der Waals surface area contributed by atoms with E-state index in [1.807, 2.05) is 65.6 Å². The summed E-state index contributed by atoms with van der Waals surface area (Å²) in [6, 6.07) is 21.2. The summed E-state index contributed by atoms with van der Waals surface area (Å²) in [6.45, 7) is 1.50. The maximum absolute atomic E-state index is 13.2. The Morgan fingerprint density at radius 1 is 0.871 bits per heavy atom. The zero-order valence-corrected chi connectivity index (χ0v) is 19.2. The van der Waals surface area contributed by atoms with Crippen molar-refractivity contribution in [3.8, 4) is 11.5 Å². The highest BCUT2D eigenvalue weighted by Crippen LogP contribution is 2.54. The number of carbonyl (C=O) groups excluding carboxylic acids is 1. The highest BCUT2D eigenvalue weighted by Gasteiger charge is 2.48. The molecular weight excluding hydrogens is 478 g/mol. The predicted molar refractivity (Wildman–Crippen MR) is 124 cm³/mol. The molecule has 0 saturated carbocycles. The molecule has 4 nitrogen and oxygen atoms in total. The molecule has 0 aromatic heterocycles. The van der Waals surface area contributed by atoms with E-state index in [2.05, 4.69) is 15.9 Å². The van der Waals surface area contributed by atoms with E-state index in [-0.39, 0.29) is 10.9 Å². The molecule has 2 heterocycles. The number of ether oxygens (including phenoxy) is 2. The second-order valence-electron chi connectivity index (χ2n) is 7.78. The molecule has 0 N–H and O–H groups in total. The number of halogens is 2. The molecule has 1 saturated heterocycles. The van der Waals surface area contributed by atoms with Gasteiger partial charge in [0, 0.05) is 24.2 Å². The second-order valence-corrected chi connectivity index (χ2v) is 9.02. The second kappa shape index (κ2) is 8.21. The Bertz CT molecular complexity index is 1080. The lowest BCUT2D eigenvalue weighted by molar-refractivity contribution is -0.0461. The van der Waals surface area contributed by atoms with Crippen molar-refractivity contribution in [3.05, 3.63) is 92.9 Å². The van der Waals surface area contributed by atoms with Gasteiger partial charge in [0.2, 0.25) is 0 Å². The summed E-state index contributed by atoms with van der Waals surface area (Å²) in [5, 5.41) is 0.280. The topological polar surface area (TPSA) is 38.8 Å². The molecule has 2 aliphatic rings. The van der Waals surface area contributed by atoms with Crippen molar-refractivity contribution in [2.24, 2.45) is 0 Å². The van der Waals surface area contributed by atoms with Crippen LogP contribution in [0.4, 0.5) is 0 Å². The van der Waals surface area contributed by atoms with Crippen molar-refractivity contribution >= 4 is 33.4 Å². The van der Waals surface area contributed by atoms with Gasteiger partial charge < -0.3 is 14.4 Å². The normalized spacial score (nSPS) is 16.9. The quantitative estimate of drug-likeness (QED) is 0.419. The van der Waals surface area contributed by atoms with E-state index in [0.717, 1.165) is 43.5 Å². The van der Waals surface area contributed by atoms with Crippen LogP contribution in [0.25, 0.3) is 0 Å². The highest BCUT2D eigenvalue weighted by atomic mass is 79.9. The van der Waals surface area contributed by atoms with Gasteiger partial charge in [-0.05, 0) is 41.3 Å². The van der Waals surface area contributed by atoms with E-state index in [1.54, 1.807) is 6.07 Å². The molecule has 31 heavy (non-hydrogen) atoms. The molecule has 158 valence electrons. The number of nitrogens with zero attached hydrogens (tertiary/aromatic N) is 1. The first-order valence-electron chi connectivity index (χ1n) is 10.4. The van der Waals surface area contributed by atoms with E-state index in [1.165, 1.54) is 0 Å². The van der Waals surface area contributed by atoms with Gasteiger partial charge in [-0.15, -0.1) is 0 Å². The fourth-order valence-electron chi connectivity index (χ4n) is 4.22. The van der Waals surface area contributed by atoms with Gasteiger partial charge in [-0.2, -0.15) is 0 Å². The van der Waals surface area contributed by atoms with Gasteiger partial charge in [0.15, 0.2) is 11.5 Å². The molecule has 5 rings (SSSR count). The third-order valence-electron chi connectivity index (χ3n) is 5.80. The molecular formula is C25H21BrClNO3. The zero-order valence-electron chi connectivity index (χ0n) is 16.8. The molecule has 0 radical (unpaired) electrons. The Kier molecular flexibility index (Phi) is 5.40. The van der Waals surface area contributed by atoms with Crippen molar-refractivity contribution in [2.75, 3.05) is 13.1 Å². The van der Waals surface area contributed by atoms with Gasteiger partial charge >= 0.3 is 5.79 Å². The molecule has 0 aliphatic carbocycles. The van der Waals surface area contributed by atoms with Gasteiger partial charge in [-0.1, -0.05) is 72.3 Å². The van der Waals surface area contributed by atoms with Gasteiger partial charge in [0.1, 0.15) is 0 Å². The number of carbonyl (C=O) groups is 1. The predicted octanol–water partition coefficient (Wildman–Crippen LogP) is 6.40. The molecule has 2 aliphatic heterocycles. The number of piperidine rings is 1. The van der Waals surface area contributed by atoms with E-state index >= 15 is 0 Å². The summed E-state index contributed by atoms with van der Waals surface area (Å²) in [5.74, 6) is -0.394. The van der Waals surface area contributed by atoms with Gasteiger partial charge in [-0.25, -0.2) is 0 Å². The van der Waals surface area contributed by atoms with E-state index in [4.69, 9.17) is 21.1 Å². The van der Waals surface area contributed by atoms with Crippen LogP contribution in [-0.2, 0) is 5.79 Å². The van der Waals surface area contributed by atoms with Gasteiger partial charge in [-0.3, -0.25) is 4.79 Å². The third-order valence-corrected chi connectivity index (χ3v) is 6.77. The summed E-state index contributed by atoms with van der Waals surface area (Å²) < 4.78 is 13.6. The Morgan fingerprint density at radius 3 is 2.00 bits per heavy atom. The van der Waals surface area contributed by atoms with Crippen LogP contribution in [0.5, 0.6) is 11.5 Å². The molecule has 0 unspecified atom stereocenters. The fourth-order valence-corrected chi connectivity index (χ4v) is 4.97. The first-order chi connectivity index (χ1) is 15.1. The lowest BCUT2D eigenvalue weighted by Gasteiger charge is -2.28. The zero-order chi connectivity index (χ0) is 21.4. The van der Waals surface area contributed by atoms with Crippen LogP contribution >= 0.6 is 27.5 Å². The molecule has 1 fully saturated rings. The minimum Gasteiger partial charge on any atom is -0.439 e. The summed E-state index contributed by atoms with van der Waals surface area (Å²) in [7, 11) is 0. The highest BCUT2D eigenvalue weighted by molar-refractivity contribution is 9.10. The van der Waals surface area contributed by atoms with Crippen LogP contribution in [0.1, 0.15) is 40.7 Å². The number of likely N-dealkylation sites (tertiary alicyclic amines) is 1. The molecule has 3 aromatic carbocycles. The number of benzene rings is 3. The van der Waals surface area contributed by atoms with Crippen LogP contribution in [0.2, 0.25) is 5.02 Å². The number of fused-ring (bicyclic) bond motifs is 1. The molecule has 1 amide bonds. The average molecular weight is 499 g/mol. The molecule has 0 atom stereocenters. The van der Waals surface area contributed by atoms with Crippen molar-refractivity contribution in [1.29, 1.82) is 0 Å². The first kappa shape index (κ1) is 20.4. The van der Waals surface area contributed by atoms with E-state index in [9.17, 15) is 4.79 Å². The lowest BCUT2D eigenvalue weighted by atomic mass is 9.97. The van der Waals surface area contributed by atoms with Crippen LogP contribution < -0.4 is 9.47 Å². The first-order valence-corrected chi connectivity index (χ1v) is 11.6. The monoisotopic (exact) mass is 497 g/mol. The van der Waals surface area contributed by atoms with Crippen molar-refractivity contribution in [3.63, 3.8) is 0 Å². The maximum Gasteiger partial charge on any atom is 0.305 e. The van der Waals surface area contributed by atoms with Crippen molar-refractivity contribution < 1.29 is 14.3 Å². The Hall–Kier alpha value is -2.50. The number of hydrogen-bond acceptors (Lipinski definition) is 3. The molecule has 6 heteroatoms. The molecule has 3 aromatic rings. The number of hydrogen-bond donors (Lipinski definition) is 0. The van der Waals surface area contributed by atoms with Crippen molar-refractivity contribution in [2.45, 2.75) is 25.0 Å². The fraction of sp³-hybridized carbons (Fsp3) is 0.240. The summed E-state index contributed by atoms with van der Waals surface area (Å²) in [6.07, 6.45) is 3.18. The standard InChI is InChI=1S/C25H21BrClNO3/c26-20-16-19(24(29)28-14-8-3-9-15-28)21(27)23-22(20)30-25(31-23,17-10-4-1-5-11-17)18-12-6-2-7-13-18/h1-2,4-7,10-13,16H,3,8-9,14-15H2. The number of amides is 1. The maximum atomic E-state index is 13.2. The van der Waals surface area contributed by atoms with E-state index < -0.39 is 5.79 Å². The van der Waals surface area contributed by atoms with Gasteiger partial charge in [0.05, 0.1) is 15.1 Å². The Labute approximate surface area is 194 Å². The van der Waals surface area contributed by atoms with Crippen LogP contribution in [0.3, 0.4) is 0 Å². The van der Waals surface area contributed by atoms with E-state index in [0.29, 0.717) is 21.5 Å². The third kappa shape index (κ3) is 3.50. The van der Waals surface area contributed by atoms with Gasteiger partial charge in [0.25, 0.3) is 5.91 Å². The van der Waals surface area contributed by atoms with Crippen LogP contribution in [-0.4, -0.2) is 23.9 Å². The van der Waals surface area contributed by atoms with Crippen LogP contribution in [0, 0.1) is 0 Å². The number of rotatable bonds is 3. The smallest absolute Gasteiger partial charge is 0.305 e. The van der Waals surface area contributed by atoms with Crippen LogP contribution in [0.15, 0.2) is 71.2 Å². The summed E-state index contributed by atoms with van der Waals surface area (Å²) in [4.78, 5) is 15.1. The summed E-state index contributed by atoms with van der Waals surface area (Å²) in [5.41, 5.74) is 2.10. The molecule has 0 spiro atoms. The SMILES string of the molecule is O=C(c1cc(Br)c2c(c1Cl)OC(c1ccccc1)(c1ccccc1)O2)N1CCCCC1. The summed E-state index contributed by atoms with van der Waals surface area (Å²) >= 11 is 10.4. The lowest BCUT2D eigenvalue weighted by Crippen LogP contribution is -2.37. The Balaban J connectivity index is 1.61. The Morgan fingerprint density at radius 2 is 1.42 bits per heavy atom. The minimum atomic E-state index is -1.19. The average Bonchev–Trinajstić information content (AvgIpc) is 3.26. The van der Waals surface area contributed by atoms with Crippen molar-refractivity contribution in [1.82, 2.24) is 4.90 Å².